The highest BCUT2D eigenvalue weighted by atomic mass is 32.1. The van der Waals surface area contributed by atoms with Crippen LogP contribution in [0.15, 0.2) is 29.6 Å². The minimum Gasteiger partial charge on any atom is -0.486 e. The van der Waals surface area contributed by atoms with Crippen LogP contribution in [0.1, 0.15) is 10.7 Å². The minimum absolute atomic E-state index is 0.155. The maximum atomic E-state index is 12.1. The number of aromatic nitrogens is 1. The first-order valence-electron chi connectivity index (χ1n) is 7.40. The fourth-order valence-electron chi connectivity index (χ4n) is 2.33. The average Bonchev–Trinajstić information content (AvgIpc) is 2.98. The van der Waals surface area contributed by atoms with Crippen molar-refractivity contribution in [3.63, 3.8) is 0 Å². The zero-order chi connectivity index (χ0) is 16.2. The third-order valence-corrected chi connectivity index (χ3v) is 4.30. The molecule has 0 aliphatic carbocycles. The molecule has 3 rings (SSSR count). The summed E-state index contributed by atoms with van der Waals surface area (Å²) in [7, 11) is 1.74. The summed E-state index contributed by atoms with van der Waals surface area (Å²) in [6.45, 7) is 3.26. The molecule has 1 atom stereocenters. The van der Waals surface area contributed by atoms with Crippen molar-refractivity contribution in [2.75, 3.05) is 20.2 Å². The maximum Gasteiger partial charge on any atom is 0.317 e. The summed E-state index contributed by atoms with van der Waals surface area (Å²) in [4.78, 5) is 18.1. The monoisotopic (exact) mass is 333 g/mol. The molecule has 2 amide bonds. The zero-order valence-electron chi connectivity index (χ0n) is 13.1. The van der Waals surface area contributed by atoms with E-state index in [0.717, 1.165) is 22.2 Å². The van der Waals surface area contributed by atoms with Crippen molar-refractivity contribution in [2.45, 2.75) is 19.6 Å². The van der Waals surface area contributed by atoms with E-state index < -0.39 is 0 Å². The van der Waals surface area contributed by atoms with Crippen LogP contribution in [0, 0.1) is 6.92 Å². The van der Waals surface area contributed by atoms with Gasteiger partial charge in [0.2, 0.25) is 0 Å². The van der Waals surface area contributed by atoms with E-state index >= 15 is 0 Å². The van der Waals surface area contributed by atoms with Crippen LogP contribution < -0.4 is 14.8 Å². The lowest BCUT2D eigenvalue weighted by molar-refractivity contribution is 0.0715. The molecule has 0 saturated carbocycles. The van der Waals surface area contributed by atoms with Crippen molar-refractivity contribution in [3.05, 3.63) is 40.3 Å². The van der Waals surface area contributed by atoms with Crippen molar-refractivity contribution < 1.29 is 14.3 Å². The van der Waals surface area contributed by atoms with Crippen LogP contribution in [0.25, 0.3) is 0 Å². The van der Waals surface area contributed by atoms with Gasteiger partial charge in [0.25, 0.3) is 0 Å². The molecule has 0 bridgehead atoms. The van der Waals surface area contributed by atoms with Gasteiger partial charge in [-0.2, -0.15) is 0 Å². The summed E-state index contributed by atoms with van der Waals surface area (Å²) in [5.41, 5.74) is 0.875. The topological polar surface area (TPSA) is 63.7 Å². The predicted molar refractivity (Wildman–Crippen MR) is 88.1 cm³/mol. The number of amides is 2. The first kappa shape index (κ1) is 15.6. The molecular formula is C16H19N3O3S. The van der Waals surface area contributed by atoms with Crippen molar-refractivity contribution >= 4 is 17.4 Å². The quantitative estimate of drug-likeness (QED) is 0.933. The lowest BCUT2D eigenvalue weighted by Crippen LogP contribution is -2.45. The number of thiazole rings is 1. The molecule has 23 heavy (non-hydrogen) atoms. The number of aryl methyl sites for hydroxylation is 1. The van der Waals surface area contributed by atoms with Crippen molar-refractivity contribution in [1.29, 1.82) is 0 Å². The lowest BCUT2D eigenvalue weighted by atomic mass is 10.2. The summed E-state index contributed by atoms with van der Waals surface area (Å²) < 4.78 is 11.5. The van der Waals surface area contributed by atoms with Gasteiger partial charge in [0.1, 0.15) is 6.61 Å². The van der Waals surface area contributed by atoms with Gasteiger partial charge >= 0.3 is 6.03 Å². The van der Waals surface area contributed by atoms with Gasteiger partial charge in [-0.25, -0.2) is 9.78 Å². The Hall–Kier alpha value is -2.28. The van der Waals surface area contributed by atoms with Gasteiger partial charge in [-0.1, -0.05) is 12.1 Å². The molecule has 1 aliphatic rings. The third kappa shape index (κ3) is 3.92. The van der Waals surface area contributed by atoms with Crippen LogP contribution in [0.2, 0.25) is 0 Å². The molecule has 0 unspecified atom stereocenters. The van der Waals surface area contributed by atoms with Gasteiger partial charge in [-0.05, 0) is 19.1 Å². The largest absolute Gasteiger partial charge is 0.486 e. The second-order valence-corrected chi connectivity index (χ2v) is 6.46. The van der Waals surface area contributed by atoms with Crippen LogP contribution >= 0.6 is 11.3 Å². The summed E-state index contributed by atoms with van der Waals surface area (Å²) >= 11 is 1.57. The Bertz CT molecular complexity index is 689. The lowest BCUT2D eigenvalue weighted by Gasteiger charge is -2.29. The third-order valence-electron chi connectivity index (χ3n) is 3.48. The Morgan fingerprint density at radius 1 is 1.43 bits per heavy atom. The van der Waals surface area contributed by atoms with E-state index in [2.05, 4.69) is 10.3 Å². The zero-order valence-corrected chi connectivity index (χ0v) is 13.9. The van der Waals surface area contributed by atoms with Gasteiger partial charge in [0, 0.05) is 12.4 Å². The molecule has 1 aromatic heterocycles. The summed E-state index contributed by atoms with van der Waals surface area (Å²) in [5.74, 6) is 1.46. The number of ether oxygens (including phenoxy) is 2. The Morgan fingerprint density at radius 3 is 2.96 bits per heavy atom. The van der Waals surface area contributed by atoms with Gasteiger partial charge in [-0.3, -0.25) is 0 Å². The SMILES string of the molecule is Cc1nc(CNC(=O)N(C)C[C@H]2COc3ccccc3O2)cs1. The summed E-state index contributed by atoms with van der Waals surface area (Å²) in [6, 6.07) is 7.39. The molecule has 1 N–H and O–H groups in total. The van der Waals surface area contributed by atoms with Gasteiger partial charge < -0.3 is 19.7 Å². The van der Waals surface area contributed by atoms with E-state index in [1.165, 1.54) is 0 Å². The average molecular weight is 333 g/mol. The Labute approximate surface area is 139 Å². The van der Waals surface area contributed by atoms with Crippen molar-refractivity contribution in [1.82, 2.24) is 15.2 Å². The number of carbonyl (C=O) groups is 1. The Kier molecular flexibility index (Phi) is 4.66. The number of hydrogen-bond acceptors (Lipinski definition) is 5. The highest BCUT2D eigenvalue weighted by molar-refractivity contribution is 7.09. The number of hydrogen-bond donors (Lipinski definition) is 1. The molecular weight excluding hydrogens is 314 g/mol. The molecule has 0 radical (unpaired) electrons. The first-order valence-corrected chi connectivity index (χ1v) is 8.28. The minimum atomic E-state index is -0.179. The van der Waals surface area contributed by atoms with Crippen LogP contribution in [-0.4, -0.2) is 42.2 Å². The number of likely N-dealkylation sites (N-methyl/N-ethyl adjacent to an activating group) is 1. The van der Waals surface area contributed by atoms with E-state index in [0.29, 0.717) is 19.7 Å². The van der Waals surface area contributed by atoms with Crippen molar-refractivity contribution in [3.8, 4) is 11.5 Å². The molecule has 0 fully saturated rings. The Balaban J connectivity index is 1.49. The second kappa shape index (κ2) is 6.87. The summed E-state index contributed by atoms with van der Waals surface area (Å²) in [5, 5.41) is 5.80. The molecule has 122 valence electrons. The molecule has 2 heterocycles. The van der Waals surface area contributed by atoms with E-state index in [9.17, 15) is 4.79 Å². The number of benzene rings is 1. The smallest absolute Gasteiger partial charge is 0.317 e. The number of urea groups is 1. The van der Waals surface area contributed by atoms with E-state index in [-0.39, 0.29) is 12.1 Å². The fraction of sp³-hybridized carbons (Fsp3) is 0.375. The van der Waals surface area contributed by atoms with Crippen LogP contribution in [-0.2, 0) is 6.54 Å². The summed E-state index contributed by atoms with van der Waals surface area (Å²) in [6.07, 6.45) is -0.179. The second-order valence-electron chi connectivity index (χ2n) is 5.39. The molecule has 1 aliphatic heterocycles. The molecule has 0 spiro atoms. The molecule has 1 aromatic carbocycles. The van der Waals surface area contributed by atoms with Crippen LogP contribution in [0.3, 0.4) is 0 Å². The number of rotatable bonds is 4. The van der Waals surface area contributed by atoms with Gasteiger partial charge in [-0.15, -0.1) is 11.3 Å². The predicted octanol–water partition coefficient (Wildman–Crippen LogP) is 2.43. The number of fused-ring (bicyclic) bond motifs is 1. The fourth-order valence-corrected chi connectivity index (χ4v) is 2.94. The molecule has 7 heteroatoms. The van der Waals surface area contributed by atoms with E-state index in [4.69, 9.17) is 9.47 Å². The van der Waals surface area contributed by atoms with E-state index in [1.807, 2.05) is 36.6 Å². The number of para-hydroxylation sites is 2. The maximum absolute atomic E-state index is 12.1. The number of nitrogens with one attached hydrogen (secondary N) is 1. The van der Waals surface area contributed by atoms with Crippen molar-refractivity contribution in [2.24, 2.45) is 0 Å². The van der Waals surface area contributed by atoms with Gasteiger partial charge in [0.05, 0.1) is 23.8 Å². The van der Waals surface area contributed by atoms with Gasteiger partial charge in [0.15, 0.2) is 17.6 Å². The standard InChI is InChI=1S/C16H19N3O3S/c1-11-18-12(10-23-11)7-17-16(20)19(2)8-13-9-21-14-5-3-4-6-15(14)22-13/h3-6,10,13H,7-9H2,1-2H3,(H,17,20)/t13-/m0/s1. The highest BCUT2D eigenvalue weighted by Crippen LogP contribution is 2.30. The van der Waals surface area contributed by atoms with Crippen LogP contribution in [0.4, 0.5) is 4.79 Å². The molecule has 0 saturated heterocycles. The van der Waals surface area contributed by atoms with Crippen LogP contribution in [0.5, 0.6) is 11.5 Å². The molecule has 6 nitrogen and oxygen atoms in total. The normalized spacial score (nSPS) is 16.0. The first-order chi connectivity index (χ1) is 11.1. The highest BCUT2D eigenvalue weighted by Gasteiger charge is 2.23. The Morgan fingerprint density at radius 2 is 2.22 bits per heavy atom. The number of nitrogens with zero attached hydrogens (tertiary/aromatic N) is 2. The van der Waals surface area contributed by atoms with E-state index in [1.54, 1.807) is 23.3 Å². The number of carbonyl (C=O) groups excluding carboxylic acids is 1. The molecule has 2 aromatic rings.